The first-order valence-corrected chi connectivity index (χ1v) is 9.41. The summed E-state index contributed by atoms with van der Waals surface area (Å²) >= 11 is 0. The Hall–Kier alpha value is -1.68. The average Bonchev–Trinajstić information content (AvgIpc) is 2.96. The quantitative estimate of drug-likeness (QED) is 0.322. The maximum Gasteiger partial charge on any atom is 0.305 e. The van der Waals surface area contributed by atoms with Gasteiger partial charge in [0.2, 0.25) is 0 Å². The third-order valence-electron chi connectivity index (χ3n) is 4.44. The van der Waals surface area contributed by atoms with Crippen LogP contribution in [0.5, 0.6) is 0 Å². The van der Waals surface area contributed by atoms with Crippen LogP contribution in [0.3, 0.4) is 0 Å². The zero-order valence-corrected chi connectivity index (χ0v) is 15.6. The minimum Gasteiger partial charge on any atom is -0.469 e. The van der Waals surface area contributed by atoms with Crippen LogP contribution in [0.15, 0.2) is 35.5 Å². The van der Waals surface area contributed by atoms with E-state index in [2.05, 4.69) is 11.7 Å². The first-order chi connectivity index (χ1) is 12.1. The Balaban J connectivity index is 2.46. The van der Waals surface area contributed by atoms with Crippen LogP contribution < -0.4 is 0 Å². The number of carbonyl (C=O) groups excluding carboxylic acids is 2. The summed E-state index contributed by atoms with van der Waals surface area (Å²) in [6.45, 7) is 2.15. The molecule has 0 saturated heterocycles. The second-order valence-corrected chi connectivity index (χ2v) is 6.49. The lowest BCUT2D eigenvalue weighted by Gasteiger charge is -2.05. The first-order valence-electron chi connectivity index (χ1n) is 9.41. The third-order valence-corrected chi connectivity index (χ3v) is 4.44. The molecule has 140 valence electrons. The van der Waals surface area contributed by atoms with Crippen molar-refractivity contribution < 1.29 is 19.4 Å². The Morgan fingerprint density at radius 3 is 2.76 bits per heavy atom. The fraction of sp³-hybridized carbons (Fsp3) is 0.619. The molecule has 0 amide bonds. The fourth-order valence-electron chi connectivity index (χ4n) is 2.87. The van der Waals surface area contributed by atoms with Gasteiger partial charge in [0.15, 0.2) is 5.78 Å². The number of methoxy groups -OCH3 is 1. The van der Waals surface area contributed by atoms with Crippen molar-refractivity contribution in [3.05, 3.63) is 35.5 Å². The van der Waals surface area contributed by atoms with Gasteiger partial charge >= 0.3 is 5.97 Å². The molecule has 4 heteroatoms. The smallest absolute Gasteiger partial charge is 0.305 e. The first kappa shape index (κ1) is 21.4. The van der Waals surface area contributed by atoms with Gasteiger partial charge in [0, 0.05) is 18.4 Å². The minimum absolute atomic E-state index is 0.188. The van der Waals surface area contributed by atoms with E-state index in [1.54, 1.807) is 0 Å². The number of ether oxygens (including phenoxy) is 1. The van der Waals surface area contributed by atoms with Crippen LogP contribution in [-0.4, -0.2) is 30.1 Å². The Kier molecular flexibility index (Phi) is 10.8. The van der Waals surface area contributed by atoms with E-state index in [0.29, 0.717) is 19.3 Å². The molecule has 0 aromatic rings. The van der Waals surface area contributed by atoms with E-state index in [0.717, 1.165) is 56.1 Å². The Bertz CT molecular complexity index is 514. The van der Waals surface area contributed by atoms with E-state index in [-0.39, 0.29) is 11.8 Å². The van der Waals surface area contributed by atoms with Gasteiger partial charge in [-0.25, -0.2) is 0 Å². The predicted molar refractivity (Wildman–Crippen MR) is 100 cm³/mol. The average molecular weight is 348 g/mol. The van der Waals surface area contributed by atoms with Crippen molar-refractivity contribution in [2.45, 2.75) is 77.2 Å². The van der Waals surface area contributed by atoms with Crippen molar-refractivity contribution in [3.63, 3.8) is 0 Å². The zero-order chi connectivity index (χ0) is 18.5. The third kappa shape index (κ3) is 8.82. The summed E-state index contributed by atoms with van der Waals surface area (Å²) in [5.74, 6) is 0.0198. The number of hydrogen-bond donors (Lipinski definition) is 1. The lowest BCUT2D eigenvalue weighted by molar-refractivity contribution is -0.140. The number of aliphatic hydroxyl groups is 1. The molecule has 1 rings (SSSR count). The molecule has 0 aliphatic heterocycles. The summed E-state index contributed by atoms with van der Waals surface area (Å²) in [5.41, 5.74) is 1.92. The van der Waals surface area contributed by atoms with Crippen molar-refractivity contribution in [2.24, 2.45) is 0 Å². The van der Waals surface area contributed by atoms with Crippen LogP contribution in [0.4, 0.5) is 0 Å². The highest BCUT2D eigenvalue weighted by Crippen LogP contribution is 2.27. The zero-order valence-electron chi connectivity index (χ0n) is 15.6. The van der Waals surface area contributed by atoms with Gasteiger partial charge in [0.1, 0.15) is 0 Å². The van der Waals surface area contributed by atoms with Crippen molar-refractivity contribution in [2.75, 3.05) is 7.11 Å². The molecular weight excluding hydrogens is 316 g/mol. The highest BCUT2D eigenvalue weighted by atomic mass is 16.5. The van der Waals surface area contributed by atoms with Gasteiger partial charge in [-0.1, -0.05) is 50.5 Å². The number of carbonyl (C=O) groups is 2. The van der Waals surface area contributed by atoms with Gasteiger partial charge in [-0.3, -0.25) is 9.59 Å². The molecule has 25 heavy (non-hydrogen) atoms. The van der Waals surface area contributed by atoms with E-state index in [4.69, 9.17) is 0 Å². The molecule has 1 aliphatic rings. The summed E-state index contributed by atoms with van der Waals surface area (Å²) in [4.78, 5) is 23.1. The fourth-order valence-corrected chi connectivity index (χ4v) is 2.87. The van der Waals surface area contributed by atoms with Gasteiger partial charge in [-0.15, -0.1) is 0 Å². The molecule has 0 fully saturated rings. The van der Waals surface area contributed by atoms with Crippen LogP contribution in [0.2, 0.25) is 0 Å². The molecule has 0 spiro atoms. The van der Waals surface area contributed by atoms with Crippen molar-refractivity contribution in [3.8, 4) is 0 Å². The maximum atomic E-state index is 12.0. The minimum atomic E-state index is -0.426. The SMILES string of the molecule is CCCCC[C@H](O)/C=C/C1=C(C/C=C/CCCC(=O)OC)C(=O)CC1. The van der Waals surface area contributed by atoms with Gasteiger partial charge in [-0.2, -0.15) is 0 Å². The molecule has 0 bridgehead atoms. The van der Waals surface area contributed by atoms with E-state index < -0.39 is 6.10 Å². The number of unbranched alkanes of at least 4 members (excludes halogenated alkanes) is 3. The monoisotopic (exact) mass is 348 g/mol. The number of allylic oxidation sites excluding steroid dienone is 5. The second-order valence-electron chi connectivity index (χ2n) is 6.49. The molecule has 0 unspecified atom stereocenters. The number of hydrogen-bond acceptors (Lipinski definition) is 4. The molecule has 1 aliphatic carbocycles. The standard InChI is InChI=1S/C21H32O4/c1-3-4-7-10-18(22)15-13-17-14-16-20(23)19(17)11-8-5-6-9-12-21(24)25-2/h5,8,13,15,18,22H,3-4,6-7,9-12,14,16H2,1-2H3/b8-5+,15-13+/t18-/m0/s1. The summed E-state index contributed by atoms with van der Waals surface area (Å²) in [5, 5.41) is 9.98. The molecule has 4 nitrogen and oxygen atoms in total. The molecule has 1 atom stereocenters. The van der Waals surface area contributed by atoms with Crippen LogP contribution in [-0.2, 0) is 14.3 Å². The van der Waals surface area contributed by atoms with Crippen molar-refractivity contribution in [1.29, 1.82) is 0 Å². The second kappa shape index (κ2) is 12.6. The van der Waals surface area contributed by atoms with Crippen LogP contribution in [0.1, 0.15) is 71.1 Å². The van der Waals surface area contributed by atoms with E-state index in [1.165, 1.54) is 7.11 Å². The van der Waals surface area contributed by atoms with Crippen molar-refractivity contribution in [1.82, 2.24) is 0 Å². The molecule has 0 radical (unpaired) electrons. The number of Topliss-reactive ketones (excluding diaryl/α,β-unsaturated/α-hetero) is 1. The molecule has 1 N–H and O–H groups in total. The van der Waals surface area contributed by atoms with Crippen LogP contribution >= 0.6 is 0 Å². The Morgan fingerprint density at radius 2 is 2.04 bits per heavy atom. The molecule has 0 aromatic carbocycles. The number of aliphatic hydroxyl groups excluding tert-OH is 1. The maximum absolute atomic E-state index is 12.0. The molecule has 0 heterocycles. The molecule has 0 aromatic heterocycles. The highest BCUT2D eigenvalue weighted by molar-refractivity contribution is 5.99. The number of esters is 1. The van der Waals surface area contributed by atoms with Gasteiger partial charge < -0.3 is 9.84 Å². The summed E-state index contributed by atoms with van der Waals surface area (Å²) in [7, 11) is 1.39. The van der Waals surface area contributed by atoms with Crippen LogP contribution in [0, 0.1) is 0 Å². The topological polar surface area (TPSA) is 63.6 Å². The van der Waals surface area contributed by atoms with Gasteiger partial charge in [-0.05, 0) is 37.7 Å². The highest BCUT2D eigenvalue weighted by Gasteiger charge is 2.20. The normalized spacial score (nSPS) is 16.4. The summed E-state index contributed by atoms with van der Waals surface area (Å²) < 4.78 is 4.60. The molecular formula is C21H32O4. The van der Waals surface area contributed by atoms with E-state index in [9.17, 15) is 14.7 Å². The predicted octanol–water partition coefficient (Wildman–Crippen LogP) is 4.43. The van der Waals surface area contributed by atoms with E-state index in [1.807, 2.05) is 24.3 Å². The summed E-state index contributed by atoms with van der Waals surface area (Å²) in [6, 6.07) is 0. The largest absolute Gasteiger partial charge is 0.469 e. The Labute approximate surface area is 151 Å². The number of rotatable bonds is 12. The van der Waals surface area contributed by atoms with Gasteiger partial charge in [0.05, 0.1) is 13.2 Å². The molecule has 0 saturated carbocycles. The number of ketones is 1. The van der Waals surface area contributed by atoms with E-state index >= 15 is 0 Å². The Morgan fingerprint density at radius 1 is 1.24 bits per heavy atom. The van der Waals surface area contributed by atoms with Crippen molar-refractivity contribution >= 4 is 11.8 Å². The lowest BCUT2D eigenvalue weighted by atomic mass is 10.0. The van der Waals surface area contributed by atoms with Gasteiger partial charge in [0.25, 0.3) is 0 Å². The summed E-state index contributed by atoms with van der Waals surface area (Å²) in [6.07, 6.45) is 15.4. The lowest BCUT2D eigenvalue weighted by Crippen LogP contribution is -2.01. The van der Waals surface area contributed by atoms with Crippen LogP contribution in [0.25, 0.3) is 0 Å².